The summed E-state index contributed by atoms with van der Waals surface area (Å²) in [7, 11) is 0. The lowest BCUT2D eigenvalue weighted by Gasteiger charge is -2.34. The van der Waals surface area contributed by atoms with Crippen LogP contribution in [-0.4, -0.2) is 47.1 Å². The molecule has 0 spiro atoms. The smallest absolute Gasteiger partial charge is 0.260 e. The number of benzene rings is 2. The molecule has 2 heterocycles. The highest BCUT2D eigenvalue weighted by molar-refractivity contribution is 6.34. The fourth-order valence-corrected chi connectivity index (χ4v) is 6.19. The minimum Gasteiger partial charge on any atom is -0.492 e. The first-order valence-corrected chi connectivity index (χ1v) is 15.3. The number of carbonyl (C=O) groups excluding carboxylic acids is 1. The molecule has 0 radical (unpaired) electrons. The van der Waals surface area contributed by atoms with Gasteiger partial charge < -0.3 is 19.9 Å². The second kappa shape index (κ2) is 13.2. The van der Waals surface area contributed by atoms with E-state index in [1.807, 2.05) is 36.9 Å². The maximum atomic E-state index is 14.0. The van der Waals surface area contributed by atoms with Crippen LogP contribution in [0.25, 0.3) is 22.0 Å². The van der Waals surface area contributed by atoms with Crippen LogP contribution >= 0.6 is 11.6 Å². The molecule has 1 fully saturated rings. The van der Waals surface area contributed by atoms with Gasteiger partial charge in [0.15, 0.2) is 0 Å². The zero-order valence-corrected chi connectivity index (χ0v) is 25.7. The monoisotopic (exact) mass is 566 g/mol. The maximum Gasteiger partial charge on any atom is 0.260 e. The van der Waals surface area contributed by atoms with Crippen molar-refractivity contribution in [3.8, 4) is 16.9 Å². The third-order valence-corrected chi connectivity index (χ3v) is 8.74. The van der Waals surface area contributed by atoms with Crippen molar-refractivity contribution < 1.29 is 14.8 Å². The molecule has 2 aromatic carbocycles. The fraction of sp³-hybridized carbons (Fsp3) is 0.515. The summed E-state index contributed by atoms with van der Waals surface area (Å²) in [5, 5.41) is 3.43. The summed E-state index contributed by atoms with van der Waals surface area (Å²) >= 11 is 6.73. The van der Waals surface area contributed by atoms with Gasteiger partial charge in [0, 0.05) is 23.9 Å². The number of carbonyl (C=O) groups is 1. The van der Waals surface area contributed by atoms with Gasteiger partial charge >= 0.3 is 0 Å². The largest absolute Gasteiger partial charge is 0.492 e. The highest BCUT2D eigenvalue weighted by Gasteiger charge is 2.28. The summed E-state index contributed by atoms with van der Waals surface area (Å²) in [4.78, 5) is 32.5. The first kappa shape index (κ1) is 30.1. The van der Waals surface area contributed by atoms with Crippen LogP contribution in [-0.2, 0) is 0 Å². The van der Waals surface area contributed by atoms with Crippen molar-refractivity contribution in [3.05, 3.63) is 62.4 Å². The lowest BCUT2D eigenvalue weighted by atomic mass is 9.98. The second-order valence-electron chi connectivity index (χ2n) is 11.6. The van der Waals surface area contributed by atoms with Crippen molar-refractivity contribution in [2.75, 3.05) is 13.2 Å². The van der Waals surface area contributed by atoms with Gasteiger partial charge in [0.25, 0.3) is 11.5 Å². The number of ether oxygens (including phenoxy) is 1. The Labute approximate surface area is 243 Å². The molecule has 4 rings (SSSR count). The highest BCUT2D eigenvalue weighted by Crippen LogP contribution is 2.37. The van der Waals surface area contributed by atoms with E-state index >= 15 is 0 Å². The van der Waals surface area contributed by atoms with Crippen molar-refractivity contribution in [1.29, 1.82) is 0 Å². The Kier molecular flexibility index (Phi) is 9.96. The Hall–Kier alpha value is -2.83. The van der Waals surface area contributed by atoms with Gasteiger partial charge in [0.05, 0.1) is 40.9 Å². The Morgan fingerprint density at radius 1 is 1.07 bits per heavy atom. The lowest BCUT2D eigenvalue weighted by Crippen LogP contribution is -2.91. The molecule has 3 N–H and O–H groups in total. The number of hydrogen-bond donors (Lipinski definition) is 2. The summed E-state index contributed by atoms with van der Waals surface area (Å²) in [6.45, 7) is 14.0. The first-order chi connectivity index (χ1) is 19.1. The van der Waals surface area contributed by atoms with Crippen LogP contribution in [0.2, 0.25) is 5.02 Å². The number of piperidine rings is 1. The number of rotatable bonds is 10. The van der Waals surface area contributed by atoms with E-state index in [1.165, 1.54) is 19.3 Å². The molecule has 1 saturated heterocycles. The van der Waals surface area contributed by atoms with Gasteiger partial charge in [0.2, 0.25) is 0 Å². The van der Waals surface area contributed by atoms with Gasteiger partial charge in [-0.15, -0.1) is 0 Å². The number of nitrogens with one attached hydrogen (secondary N) is 1. The Balaban J connectivity index is 1.87. The standard InChI is InChI=1S/C33H44ClN3O3/c1-7-22(5)37(23(6)8-2)33(39)26-18-27-29(19-28(26)34)36-32(38)30(24-16-20(3)15-21(4)17-24)31(27)40-14-12-25-11-9-10-13-35-25/h15-19,22-23,25,35H,7-14H2,1-6H3,(H,36,38)/p+1. The van der Waals surface area contributed by atoms with Crippen LogP contribution in [0.3, 0.4) is 0 Å². The summed E-state index contributed by atoms with van der Waals surface area (Å²) in [5.74, 6) is 0.418. The number of hydrogen-bond acceptors (Lipinski definition) is 3. The molecule has 7 heteroatoms. The van der Waals surface area contributed by atoms with Gasteiger partial charge in [0.1, 0.15) is 5.75 Å². The number of aryl methyl sites for hydroxylation is 2. The summed E-state index contributed by atoms with van der Waals surface area (Å²) < 4.78 is 6.53. The normalized spacial score (nSPS) is 17.0. The molecule has 1 amide bonds. The molecule has 1 aromatic heterocycles. The summed E-state index contributed by atoms with van der Waals surface area (Å²) in [5.41, 5.74) is 4.21. The molecule has 40 heavy (non-hydrogen) atoms. The zero-order chi connectivity index (χ0) is 29.0. The molecular formula is C33H45ClN3O3+. The number of halogens is 1. The molecule has 3 atom stereocenters. The van der Waals surface area contributed by atoms with Crippen molar-refractivity contribution in [2.45, 2.75) is 98.2 Å². The number of aromatic nitrogens is 1. The van der Waals surface area contributed by atoms with Gasteiger partial charge in [-0.3, -0.25) is 9.59 Å². The molecule has 216 valence electrons. The van der Waals surface area contributed by atoms with Crippen LogP contribution in [0.15, 0.2) is 35.1 Å². The minimum absolute atomic E-state index is 0.0677. The lowest BCUT2D eigenvalue weighted by molar-refractivity contribution is -0.698. The summed E-state index contributed by atoms with van der Waals surface area (Å²) in [6.07, 6.45) is 6.27. The third kappa shape index (κ3) is 6.55. The number of quaternary nitrogens is 1. The molecule has 3 aromatic rings. The van der Waals surface area contributed by atoms with Crippen molar-refractivity contribution in [2.24, 2.45) is 0 Å². The molecule has 1 aliphatic heterocycles. The number of pyridine rings is 1. The van der Waals surface area contributed by atoms with Crippen LogP contribution in [0.1, 0.15) is 87.7 Å². The van der Waals surface area contributed by atoms with Crippen molar-refractivity contribution >= 4 is 28.4 Å². The Morgan fingerprint density at radius 2 is 1.75 bits per heavy atom. The number of nitrogens with two attached hydrogens (primary N) is 1. The van der Waals surface area contributed by atoms with Gasteiger partial charge in [-0.25, -0.2) is 0 Å². The molecule has 0 aliphatic carbocycles. The number of nitrogens with zero attached hydrogens (tertiary/aromatic N) is 1. The molecule has 0 bridgehead atoms. The molecule has 0 saturated carbocycles. The van der Waals surface area contributed by atoms with Crippen molar-refractivity contribution in [1.82, 2.24) is 9.88 Å². The van der Waals surface area contributed by atoms with Crippen LogP contribution < -0.4 is 15.6 Å². The number of amides is 1. The predicted octanol–water partition coefficient (Wildman–Crippen LogP) is 6.39. The highest BCUT2D eigenvalue weighted by atomic mass is 35.5. The third-order valence-electron chi connectivity index (χ3n) is 8.42. The quantitative estimate of drug-likeness (QED) is 0.298. The summed E-state index contributed by atoms with van der Waals surface area (Å²) in [6, 6.07) is 10.3. The van der Waals surface area contributed by atoms with Crippen molar-refractivity contribution in [3.63, 3.8) is 0 Å². The number of H-pyrrole nitrogens is 1. The van der Waals surface area contributed by atoms with Gasteiger partial charge in [-0.05, 0) is 77.5 Å². The zero-order valence-electron chi connectivity index (χ0n) is 24.9. The average molecular weight is 567 g/mol. The van der Waals surface area contributed by atoms with E-state index in [0.717, 1.165) is 42.5 Å². The maximum absolute atomic E-state index is 14.0. The van der Waals surface area contributed by atoms with Gasteiger partial charge in [-0.1, -0.05) is 54.8 Å². The predicted molar refractivity (Wildman–Crippen MR) is 165 cm³/mol. The van der Waals surface area contributed by atoms with Crippen LogP contribution in [0.5, 0.6) is 5.75 Å². The molecule has 3 unspecified atom stereocenters. The van der Waals surface area contributed by atoms with E-state index < -0.39 is 0 Å². The Morgan fingerprint density at radius 3 is 2.35 bits per heavy atom. The Bertz CT molecular complexity index is 1380. The first-order valence-electron chi connectivity index (χ1n) is 14.9. The minimum atomic E-state index is -0.229. The molecule has 6 nitrogen and oxygen atoms in total. The van der Waals surface area contributed by atoms with Gasteiger partial charge in [-0.2, -0.15) is 0 Å². The number of aromatic amines is 1. The van der Waals surface area contributed by atoms with E-state index in [9.17, 15) is 9.59 Å². The van der Waals surface area contributed by atoms with E-state index in [1.54, 1.807) is 6.07 Å². The SMILES string of the molecule is CCC(C)N(C(=O)c1cc2c(OCCC3CCCC[NH2+]3)c(-c3cc(C)cc(C)c3)c(=O)[nH]c2cc1Cl)C(C)CC. The molecular weight excluding hydrogens is 522 g/mol. The van der Waals surface area contributed by atoms with E-state index in [0.29, 0.717) is 45.5 Å². The second-order valence-corrected chi connectivity index (χ2v) is 12.0. The average Bonchev–Trinajstić information content (AvgIpc) is 2.92. The topological polar surface area (TPSA) is 79.0 Å². The fourth-order valence-electron chi connectivity index (χ4n) is 5.95. The number of fused-ring (bicyclic) bond motifs is 1. The van der Waals surface area contributed by atoms with E-state index in [-0.39, 0.29) is 23.6 Å². The van der Waals surface area contributed by atoms with E-state index in [4.69, 9.17) is 16.3 Å². The van der Waals surface area contributed by atoms with Crippen LogP contribution in [0.4, 0.5) is 0 Å². The molecule has 1 aliphatic rings. The van der Waals surface area contributed by atoms with E-state index in [2.05, 4.69) is 44.1 Å². The van der Waals surface area contributed by atoms with Crippen LogP contribution in [0, 0.1) is 13.8 Å².